The van der Waals surface area contributed by atoms with E-state index in [-0.39, 0.29) is 0 Å². The van der Waals surface area contributed by atoms with Gasteiger partial charge in [-0.15, -0.1) is 0 Å². The van der Waals surface area contributed by atoms with E-state index in [9.17, 15) is 0 Å². The van der Waals surface area contributed by atoms with Crippen molar-refractivity contribution in [1.29, 1.82) is 0 Å². The van der Waals surface area contributed by atoms with Crippen LogP contribution in [0.1, 0.15) is 0 Å². The van der Waals surface area contributed by atoms with Gasteiger partial charge in [-0.1, -0.05) is 103 Å². The zero-order valence-corrected chi connectivity index (χ0v) is 23.3. The Kier molecular flexibility index (Phi) is 9.11. The van der Waals surface area contributed by atoms with E-state index in [2.05, 4.69) is 115 Å². The van der Waals surface area contributed by atoms with Gasteiger partial charge in [0.25, 0.3) is 0 Å². The molecule has 3 heteroatoms. The van der Waals surface area contributed by atoms with Gasteiger partial charge in [0.2, 0.25) is 0 Å². The summed E-state index contributed by atoms with van der Waals surface area (Å²) in [6.45, 7) is 0. The van der Waals surface area contributed by atoms with Crippen LogP contribution in [0, 0.1) is 0 Å². The molecule has 0 heterocycles. The third-order valence-electron chi connectivity index (χ3n) is 6.68. The zero-order valence-electron chi connectivity index (χ0n) is 23.3. The van der Waals surface area contributed by atoms with Crippen molar-refractivity contribution in [3.05, 3.63) is 158 Å². The Morgan fingerprint density at radius 1 is 0.341 bits per heavy atom. The van der Waals surface area contributed by atoms with Gasteiger partial charge in [-0.3, -0.25) is 0 Å². The second-order valence-corrected chi connectivity index (χ2v) is 9.49. The lowest BCUT2D eigenvalue weighted by atomic mass is 9.93. The highest BCUT2D eigenvalue weighted by Gasteiger charge is 2.07. The number of anilines is 2. The van der Waals surface area contributed by atoms with Crippen molar-refractivity contribution in [3.63, 3.8) is 0 Å². The number of benzene rings is 6. The minimum Gasteiger partial charge on any atom is -0.497 e. The SMILES string of the molecule is COc1cccc(Nc2cccc(OC)c2)c1.c1ccc(-c2cc(-c3ccccc3)cc(-c3ccccc3)c2)cc1. The van der Waals surface area contributed by atoms with Gasteiger partial charge >= 0.3 is 0 Å². The Balaban J connectivity index is 0.000000175. The van der Waals surface area contributed by atoms with Crippen LogP contribution in [0.15, 0.2) is 158 Å². The highest BCUT2D eigenvalue weighted by atomic mass is 16.5. The molecule has 0 spiro atoms. The summed E-state index contributed by atoms with van der Waals surface area (Å²) in [5.41, 5.74) is 9.44. The van der Waals surface area contributed by atoms with Crippen molar-refractivity contribution in [2.24, 2.45) is 0 Å². The summed E-state index contributed by atoms with van der Waals surface area (Å²) in [4.78, 5) is 0. The van der Waals surface area contributed by atoms with Crippen LogP contribution >= 0.6 is 0 Å². The first-order chi connectivity index (χ1) is 20.2. The zero-order chi connectivity index (χ0) is 28.3. The second-order valence-electron chi connectivity index (χ2n) is 9.49. The van der Waals surface area contributed by atoms with Gasteiger partial charge in [0, 0.05) is 23.5 Å². The molecule has 6 aromatic rings. The average molecular weight is 536 g/mol. The summed E-state index contributed by atoms with van der Waals surface area (Å²) in [6.07, 6.45) is 0. The molecule has 3 nitrogen and oxygen atoms in total. The van der Waals surface area contributed by atoms with Gasteiger partial charge in [0.05, 0.1) is 14.2 Å². The highest BCUT2D eigenvalue weighted by molar-refractivity contribution is 5.81. The summed E-state index contributed by atoms with van der Waals surface area (Å²) < 4.78 is 10.3. The van der Waals surface area contributed by atoms with Crippen molar-refractivity contribution < 1.29 is 9.47 Å². The fraction of sp³-hybridized carbons (Fsp3) is 0.0526. The normalized spacial score (nSPS) is 10.2. The van der Waals surface area contributed by atoms with E-state index in [0.29, 0.717) is 0 Å². The van der Waals surface area contributed by atoms with Crippen molar-refractivity contribution in [1.82, 2.24) is 0 Å². The van der Waals surface area contributed by atoms with Crippen LogP contribution in [0.2, 0.25) is 0 Å². The smallest absolute Gasteiger partial charge is 0.120 e. The van der Waals surface area contributed by atoms with Crippen LogP contribution in [-0.2, 0) is 0 Å². The molecule has 1 N–H and O–H groups in total. The molecule has 0 atom stereocenters. The Labute approximate surface area is 242 Å². The largest absolute Gasteiger partial charge is 0.497 e. The van der Waals surface area contributed by atoms with Gasteiger partial charge in [-0.25, -0.2) is 0 Å². The Bertz CT molecular complexity index is 1480. The van der Waals surface area contributed by atoms with E-state index in [4.69, 9.17) is 9.47 Å². The Morgan fingerprint density at radius 2 is 0.683 bits per heavy atom. The van der Waals surface area contributed by atoms with Crippen molar-refractivity contribution in [3.8, 4) is 44.9 Å². The molecule has 0 saturated carbocycles. The molecule has 0 aliphatic rings. The number of rotatable bonds is 7. The van der Waals surface area contributed by atoms with Gasteiger partial charge in [0.15, 0.2) is 0 Å². The fourth-order valence-electron chi connectivity index (χ4n) is 4.59. The van der Waals surface area contributed by atoms with Crippen LogP contribution in [-0.4, -0.2) is 14.2 Å². The maximum Gasteiger partial charge on any atom is 0.120 e. The molecule has 0 bridgehead atoms. The van der Waals surface area contributed by atoms with Gasteiger partial charge < -0.3 is 14.8 Å². The van der Waals surface area contributed by atoms with Crippen molar-refractivity contribution in [2.45, 2.75) is 0 Å². The van der Waals surface area contributed by atoms with E-state index >= 15 is 0 Å². The minimum absolute atomic E-state index is 0.831. The molecule has 202 valence electrons. The maximum absolute atomic E-state index is 5.17. The summed E-state index contributed by atoms with van der Waals surface area (Å²) in [5, 5.41) is 3.29. The molecule has 0 aliphatic heterocycles. The quantitative estimate of drug-likeness (QED) is 0.221. The third-order valence-corrected chi connectivity index (χ3v) is 6.68. The second kappa shape index (κ2) is 13.7. The lowest BCUT2D eigenvalue weighted by Crippen LogP contribution is -1.92. The summed E-state index contributed by atoms with van der Waals surface area (Å²) in [6, 6.07) is 54.1. The lowest BCUT2D eigenvalue weighted by molar-refractivity contribution is 0.415. The van der Waals surface area contributed by atoms with Crippen LogP contribution in [0.25, 0.3) is 33.4 Å². The molecule has 0 amide bonds. The van der Waals surface area contributed by atoms with E-state index in [1.54, 1.807) is 14.2 Å². The Hall–Kier alpha value is -5.28. The van der Waals surface area contributed by atoms with Crippen LogP contribution in [0.4, 0.5) is 11.4 Å². The molecular weight excluding hydrogens is 502 g/mol. The molecular formula is C38H33NO2. The molecule has 6 rings (SSSR count). The topological polar surface area (TPSA) is 30.5 Å². The van der Waals surface area contributed by atoms with Crippen LogP contribution in [0.5, 0.6) is 11.5 Å². The molecule has 0 fully saturated rings. The summed E-state index contributed by atoms with van der Waals surface area (Å²) in [5.74, 6) is 1.66. The minimum atomic E-state index is 0.831. The molecule has 0 radical (unpaired) electrons. The number of nitrogens with one attached hydrogen (secondary N) is 1. The summed E-state index contributed by atoms with van der Waals surface area (Å²) in [7, 11) is 3.31. The molecule has 41 heavy (non-hydrogen) atoms. The highest BCUT2D eigenvalue weighted by Crippen LogP contribution is 2.32. The molecule has 0 aliphatic carbocycles. The first-order valence-corrected chi connectivity index (χ1v) is 13.6. The molecule has 0 unspecified atom stereocenters. The van der Waals surface area contributed by atoms with Gasteiger partial charge in [0.1, 0.15) is 11.5 Å². The lowest BCUT2D eigenvalue weighted by Gasteiger charge is -2.11. The predicted molar refractivity (Wildman–Crippen MR) is 172 cm³/mol. The average Bonchev–Trinajstić information content (AvgIpc) is 3.06. The summed E-state index contributed by atoms with van der Waals surface area (Å²) >= 11 is 0. The fourth-order valence-corrected chi connectivity index (χ4v) is 4.59. The number of hydrogen-bond donors (Lipinski definition) is 1. The van der Waals surface area contributed by atoms with Gasteiger partial charge in [-0.2, -0.15) is 0 Å². The monoisotopic (exact) mass is 535 g/mol. The molecule has 6 aromatic carbocycles. The Morgan fingerprint density at radius 3 is 1.00 bits per heavy atom. The molecule has 0 saturated heterocycles. The van der Waals surface area contributed by atoms with E-state index in [0.717, 1.165) is 22.9 Å². The number of methoxy groups -OCH3 is 2. The number of hydrogen-bond acceptors (Lipinski definition) is 3. The van der Waals surface area contributed by atoms with E-state index in [1.807, 2.05) is 48.5 Å². The first-order valence-electron chi connectivity index (χ1n) is 13.6. The van der Waals surface area contributed by atoms with Crippen LogP contribution < -0.4 is 14.8 Å². The van der Waals surface area contributed by atoms with E-state index in [1.165, 1.54) is 33.4 Å². The molecule has 0 aromatic heterocycles. The number of ether oxygens (including phenoxy) is 2. The van der Waals surface area contributed by atoms with Gasteiger partial charge in [-0.05, 0) is 75.8 Å². The standard InChI is InChI=1S/C24H18.C14H15NO2/c1-4-10-19(11-5-1)22-16-23(20-12-6-2-7-13-20)18-24(17-22)21-14-8-3-9-15-21;1-16-13-7-3-5-11(9-13)15-12-6-4-8-14(10-12)17-2/h1-18H;3-10,15H,1-2H3. The maximum atomic E-state index is 5.17. The predicted octanol–water partition coefficient (Wildman–Crippen LogP) is 10.1. The first kappa shape index (κ1) is 27.3. The van der Waals surface area contributed by atoms with E-state index < -0.39 is 0 Å². The van der Waals surface area contributed by atoms with Crippen LogP contribution in [0.3, 0.4) is 0 Å². The van der Waals surface area contributed by atoms with Crippen molar-refractivity contribution >= 4 is 11.4 Å². The third kappa shape index (κ3) is 7.43. The van der Waals surface area contributed by atoms with Crippen molar-refractivity contribution in [2.75, 3.05) is 19.5 Å².